The molecule has 2 aromatic carbocycles. The molecule has 1 atom stereocenters. The highest BCUT2D eigenvalue weighted by molar-refractivity contribution is 6.02. The van der Waals surface area contributed by atoms with E-state index >= 15 is 0 Å². The average molecular weight is 537 g/mol. The summed E-state index contributed by atoms with van der Waals surface area (Å²) in [4.78, 5) is 28.7. The molecule has 1 fully saturated rings. The van der Waals surface area contributed by atoms with Gasteiger partial charge < -0.3 is 25.0 Å². The summed E-state index contributed by atoms with van der Waals surface area (Å²) < 4.78 is 25.8. The molecule has 2 N–H and O–H groups in total. The quantitative estimate of drug-likeness (QED) is 0.336. The number of ether oxygens (including phenoxy) is 2. The van der Waals surface area contributed by atoms with Crippen molar-refractivity contribution in [1.82, 2.24) is 9.97 Å². The van der Waals surface area contributed by atoms with Crippen LogP contribution in [0.5, 0.6) is 5.75 Å². The van der Waals surface area contributed by atoms with Crippen LogP contribution in [-0.2, 0) is 14.4 Å². The molecule has 39 heavy (non-hydrogen) atoms. The van der Waals surface area contributed by atoms with Crippen LogP contribution < -0.4 is 25.3 Å². The van der Waals surface area contributed by atoms with Crippen LogP contribution in [0.4, 0.5) is 33.1 Å². The van der Waals surface area contributed by atoms with Crippen molar-refractivity contribution < 1.29 is 23.5 Å². The zero-order valence-electron chi connectivity index (χ0n) is 22.5. The van der Waals surface area contributed by atoms with Gasteiger partial charge in [-0.25, -0.2) is 19.4 Å². The second kappa shape index (κ2) is 12.5. The number of nitrogens with one attached hydrogen (secondary N) is 2. The van der Waals surface area contributed by atoms with E-state index in [9.17, 15) is 9.18 Å². The number of nitrogens with zero attached hydrogens (tertiary/aromatic N) is 4. The fourth-order valence-electron chi connectivity index (χ4n) is 4.36. The highest BCUT2D eigenvalue weighted by Crippen LogP contribution is 2.39. The number of aromatic nitrogens is 2. The first kappa shape index (κ1) is 27.8. The van der Waals surface area contributed by atoms with E-state index in [4.69, 9.17) is 14.3 Å². The summed E-state index contributed by atoms with van der Waals surface area (Å²) in [5, 5.41) is 7.72. The number of halogens is 1. The maximum atomic E-state index is 14.9. The van der Waals surface area contributed by atoms with Gasteiger partial charge in [-0.2, -0.15) is 0 Å². The van der Waals surface area contributed by atoms with Gasteiger partial charge in [0.2, 0.25) is 5.91 Å². The Hall–Kier alpha value is -4.22. The highest BCUT2D eigenvalue weighted by atomic mass is 19.1. The molecule has 1 aliphatic rings. The molecule has 2 heterocycles. The third kappa shape index (κ3) is 6.27. The Balaban J connectivity index is 1.65. The van der Waals surface area contributed by atoms with Crippen molar-refractivity contribution in [3.05, 3.63) is 72.3 Å². The summed E-state index contributed by atoms with van der Waals surface area (Å²) in [5.74, 6) is 0.866. The van der Waals surface area contributed by atoms with Crippen molar-refractivity contribution in [3.63, 3.8) is 0 Å². The first-order valence-electron chi connectivity index (χ1n) is 12.5. The standard InChI is InChI=1S/C28H33FN6O4/c1-6-27(36)33-20-14-21(24(38-5)15-23(20)34(3)11-13-37-4)32-25-16-26(31-17-30-25)35-22(10-12-39-35)19-9-7-8-18(2)28(19)29/h6-9,14-17,22H,1,10-13H2,2-5H3,(H,33,36)(H,30,31,32). The number of likely N-dealkylation sites (N-methyl/N-ethyl adjacent to an activating group) is 1. The summed E-state index contributed by atoms with van der Waals surface area (Å²) >= 11 is 0. The number of hydrogen-bond acceptors (Lipinski definition) is 9. The van der Waals surface area contributed by atoms with E-state index in [1.807, 2.05) is 24.1 Å². The first-order valence-corrected chi connectivity index (χ1v) is 12.5. The SMILES string of the molecule is C=CC(=O)Nc1cc(Nc2cc(N3OCCC3c3cccc(C)c3F)ncn2)c(OC)cc1N(C)CCOC. The molecule has 0 spiro atoms. The second-order valence-corrected chi connectivity index (χ2v) is 9.01. The van der Waals surface area contributed by atoms with Crippen molar-refractivity contribution >= 4 is 34.6 Å². The number of aryl methyl sites for hydroxylation is 1. The minimum atomic E-state index is -0.350. The molecule has 1 unspecified atom stereocenters. The third-order valence-corrected chi connectivity index (χ3v) is 6.43. The molecule has 4 rings (SSSR count). The van der Waals surface area contributed by atoms with Crippen molar-refractivity contribution in [3.8, 4) is 5.75 Å². The van der Waals surface area contributed by atoms with Crippen molar-refractivity contribution in [1.29, 1.82) is 0 Å². The van der Waals surface area contributed by atoms with Crippen LogP contribution in [0.2, 0.25) is 0 Å². The number of rotatable bonds is 11. The summed E-state index contributed by atoms with van der Waals surface area (Å²) in [6.07, 6.45) is 3.23. The predicted octanol–water partition coefficient (Wildman–Crippen LogP) is 4.77. The molecule has 1 amide bonds. The van der Waals surface area contributed by atoms with Crippen LogP contribution in [0.15, 0.2) is 55.4 Å². The number of benzene rings is 2. The van der Waals surface area contributed by atoms with E-state index in [0.717, 1.165) is 5.69 Å². The molecule has 206 valence electrons. The first-order chi connectivity index (χ1) is 18.9. The van der Waals surface area contributed by atoms with E-state index in [1.165, 1.54) is 12.4 Å². The van der Waals surface area contributed by atoms with Crippen LogP contribution in [-0.4, -0.2) is 56.9 Å². The van der Waals surface area contributed by atoms with E-state index in [2.05, 4.69) is 27.2 Å². The predicted molar refractivity (Wildman–Crippen MR) is 149 cm³/mol. The number of anilines is 5. The van der Waals surface area contributed by atoms with Gasteiger partial charge in [0.05, 0.1) is 43.4 Å². The van der Waals surface area contributed by atoms with Gasteiger partial charge in [-0.1, -0.05) is 24.8 Å². The van der Waals surface area contributed by atoms with E-state index < -0.39 is 0 Å². The highest BCUT2D eigenvalue weighted by Gasteiger charge is 2.31. The summed E-state index contributed by atoms with van der Waals surface area (Å²) in [5.41, 5.74) is 2.98. The van der Waals surface area contributed by atoms with E-state index in [0.29, 0.717) is 66.1 Å². The smallest absolute Gasteiger partial charge is 0.247 e. The Morgan fingerprint density at radius 2 is 2.10 bits per heavy atom. The minimum absolute atomic E-state index is 0.250. The van der Waals surface area contributed by atoms with Gasteiger partial charge in [0, 0.05) is 44.8 Å². The lowest BCUT2D eigenvalue weighted by atomic mass is 10.0. The van der Waals surface area contributed by atoms with Gasteiger partial charge in [-0.3, -0.25) is 9.63 Å². The van der Waals surface area contributed by atoms with Gasteiger partial charge in [-0.05, 0) is 24.6 Å². The van der Waals surface area contributed by atoms with Crippen LogP contribution in [0.3, 0.4) is 0 Å². The fourth-order valence-corrected chi connectivity index (χ4v) is 4.36. The topological polar surface area (TPSA) is 101 Å². The molecule has 1 aliphatic heterocycles. The Bertz CT molecular complexity index is 1340. The lowest BCUT2D eigenvalue weighted by Crippen LogP contribution is -2.24. The van der Waals surface area contributed by atoms with Crippen LogP contribution >= 0.6 is 0 Å². The van der Waals surface area contributed by atoms with Gasteiger partial charge >= 0.3 is 0 Å². The molecule has 11 heteroatoms. The van der Waals surface area contributed by atoms with Gasteiger partial charge in [-0.15, -0.1) is 0 Å². The molecule has 10 nitrogen and oxygen atoms in total. The molecule has 1 aromatic heterocycles. The lowest BCUT2D eigenvalue weighted by Gasteiger charge is -2.25. The van der Waals surface area contributed by atoms with Crippen LogP contribution in [0, 0.1) is 12.7 Å². The molecular formula is C28H33FN6O4. The molecule has 0 saturated carbocycles. The van der Waals surface area contributed by atoms with Crippen molar-refractivity contribution in [2.24, 2.45) is 0 Å². The summed E-state index contributed by atoms with van der Waals surface area (Å²) in [7, 11) is 5.08. The fraction of sp³-hybridized carbons (Fsp3) is 0.321. The van der Waals surface area contributed by atoms with Crippen molar-refractivity contribution in [2.45, 2.75) is 19.4 Å². The second-order valence-electron chi connectivity index (χ2n) is 9.01. The maximum Gasteiger partial charge on any atom is 0.247 e. The largest absolute Gasteiger partial charge is 0.494 e. The summed E-state index contributed by atoms with van der Waals surface area (Å²) in [6, 6.07) is 10.3. The summed E-state index contributed by atoms with van der Waals surface area (Å²) in [6.45, 7) is 6.82. The maximum absolute atomic E-state index is 14.9. The zero-order valence-corrected chi connectivity index (χ0v) is 22.5. The zero-order chi connectivity index (χ0) is 27.9. The number of carbonyl (C=O) groups is 1. The van der Waals surface area contributed by atoms with E-state index in [-0.39, 0.29) is 17.8 Å². The average Bonchev–Trinajstić information content (AvgIpc) is 3.43. The number of hydroxylamine groups is 1. The number of hydrogen-bond donors (Lipinski definition) is 2. The van der Waals surface area contributed by atoms with E-state index in [1.54, 1.807) is 50.5 Å². The Morgan fingerprint density at radius 1 is 1.28 bits per heavy atom. The van der Waals surface area contributed by atoms with Gasteiger partial charge in [0.1, 0.15) is 23.7 Å². The number of methoxy groups -OCH3 is 2. The molecule has 0 bridgehead atoms. The molecule has 1 saturated heterocycles. The monoisotopic (exact) mass is 536 g/mol. The number of carbonyl (C=O) groups excluding carboxylic acids is 1. The van der Waals surface area contributed by atoms with Gasteiger partial charge in [0.25, 0.3) is 0 Å². The number of amides is 1. The third-order valence-electron chi connectivity index (χ3n) is 6.43. The molecule has 0 radical (unpaired) electrons. The lowest BCUT2D eigenvalue weighted by molar-refractivity contribution is -0.111. The normalized spacial score (nSPS) is 14.7. The Morgan fingerprint density at radius 3 is 2.85 bits per heavy atom. The molecule has 0 aliphatic carbocycles. The minimum Gasteiger partial charge on any atom is -0.494 e. The van der Waals surface area contributed by atoms with Crippen molar-refractivity contribution in [2.75, 3.05) is 61.6 Å². The molecular weight excluding hydrogens is 503 g/mol. The van der Waals surface area contributed by atoms with Gasteiger partial charge in [0.15, 0.2) is 5.82 Å². The van der Waals surface area contributed by atoms with Crippen LogP contribution in [0.25, 0.3) is 0 Å². The van der Waals surface area contributed by atoms with Crippen LogP contribution in [0.1, 0.15) is 23.6 Å². The Kier molecular flexibility index (Phi) is 8.95. The molecule has 3 aromatic rings. The Labute approximate surface area is 227 Å².